The standard InChI is InChI=1S/C21H23N5O2/c1-3-4-8-16-11-13-17(14-12-16)24-20-19(26(27)28)21(23-15-22-20)25(2)18-9-6-5-7-10-18/h5-7,9-15H,3-4,8H2,1-2H3,(H,22,23,24). The summed E-state index contributed by atoms with van der Waals surface area (Å²) in [6, 6.07) is 17.3. The molecule has 2 aromatic carbocycles. The minimum absolute atomic E-state index is 0.163. The summed E-state index contributed by atoms with van der Waals surface area (Å²) < 4.78 is 0. The van der Waals surface area contributed by atoms with E-state index >= 15 is 0 Å². The maximum atomic E-state index is 11.8. The summed E-state index contributed by atoms with van der Waals surface area (Å²) in [6.07, 6.45) is 4.64. The Morgan fingerprint density at radius 1 is 1.07 bits per heavy atom. The number of nitro groups is 1. The van der Waals surface area contributed by atoms with E-state index < -0.39 is 4.92 Å². The molecule has 0 aliphatic rings. The van der Waals surface area contributed by atoms with E-state index in [1.807, 2.05) is 54.6 Å². The molecule has 0 aliphatic carbocycles. The van der Waals surface area contributed by atoms with E-state index in [1.54, 1.807) is 11.9 Å². The predicted octanol–water partition coefficient (Wildman–Crippen LogP) is 5.24. The van der Waals surface area contributed by atoms with Gasteiger partial charge in [-0.05, 0) is 42.7 Å². The molecule has 0 atom stereocenters. The van der Waals surface area contributed by atoms with Crippen molar-refractivity contribution in [2.24, 2.45) is 0 Å². The van der Waals surface area contributed by atoms with Crippen LogP contribution in [0.1, 0.15) is 25.3 Å². The van der Waals surface area contributed by atoms with Crippen LogP contribution in [-0.4, -0.2) is 21.9 Å². The molecule has 0 unspecified atom stereocenters. The fourth-order valence-corrected chi connectivity index (χ4v) is 2.92. The Balaban J connectivity index is 1.90. The van der Waals surface area contributed by atoms with E-state index in [1.165, 1.54) is 11.9 Å². The van der Waals surface area contributed by atoms with Crippen molar-refractivity contribution in [3.8, 4) is 0 Å². The lowest BCUT2D eigenvalue weighted by molar-refractivity contribution is -0.383. The van der Waals surface area contributed by atoms with Crippen molar-refractivity contribution in [1.82, 2.24) is 9.97 Å². The Labute approximate surface area is 164 Å². The molecule has 0 bridgehead atoms. The fraction of sp³-hybridized carbons (Fsp3) is 0.238. The average molecular weight is 377 g/mol. The van der Waals surface area contributed by atoms with E-state index in [-0.39, 0.29) is 17.3 Å². The van der Waals surface area contributed by atoms with Gasteiger partial charge in [0.1, 0.15) is 6.33 Å². The van der Waals surface area contributed by atoms with E-state index in [0.29, 0.717) is 0 Å². The van der Waals surface area contributed by atoms with Gasteiger partial charge < -0.3 is 10.2 Å². The number of rotatable bonds is 8. The minimum atomic E-state index is -0.452. The van der Waals surface area contributed by atoms with Gasteiger partial charge in [-0.25, -0.2) is 9.97 Å². The molecule has 3 rings (SSSR count). The van der Waals surface area contributed by atoms with E-state index in [0.717, 1.165) is 30.6 Å². The van der Waals surface area contributed by atoms with Crippen LogP contribution < -0.4 is 10.2 Å². The number of hydrogen-bond donors (Lipinski definition) is 1. The molecule has 0 saturated carbocycles. The highest BCUT2D eigenvalue weighted by Crippen LogP contribution is 2.35. The van der Waals surface area contributed by atoms with Crippen molar-refractivity contribution < 1.29 is 4.92 Å². The van der Waals surface area contributed by atoms with E-state index in [2.05, 4.69) is 22.2 Å². The van der Waals surface area contributed by atoms with Crippen molar-refractivity contribution in [3.63, 3.8) is 0 Å². The zero-order chi connectivity index (χ0) is 19.9. The molecule has 0 amide bonds. The molecule has 3 aromatic rings. The first kappa shape index (κ1) is 19.3. The molecular formula is C21H23N5O2. The monoisotopic (exact) mass is 377 g/mol. The second-order valence-corrected chi connectivity index (χ2v) is 6.47. The van der Waals surface area contributed by atoms with Crippen LogP contribution >= 0.6 is 0 Å². The quantitative estimate of drug-likeness (QED) is 0.427. The van der Waals surface area contributed by atoms with Gasteiger partial charge in [-0.3, -0.25) is 10.1 Å². The van der Waals surface area contributed by atoms with Gasteiger partial charge in [0.2, 0.25) is 11.6 Å². The summed E-state index contributed by atoms with van der Waals surface area (Å²) in [5.74, 6) is 0.396. The smallest absolute Gasteiger partial charge is 0.334 e. The fourth-order valence-electron chi connectivity index (χ4n) is 2.92. The van der Waals surface area contributed by atoms with Gasteiger partial charge >= 0.3 is 5.69 Å². The second kappa shape index (κ2) is 8.94. The predicted molar refractivity (Wildman–Crippen MR) is 112 cm³/mol. The van der Waals surface area contributed by atoms with Crippen molar-refractivity contribution in [2.45, 2.75) is 26.2 Å². The summed E-state index contributed by atoms with van der Waals surface area (Å²) in [7, 11) is 1.75. The number of nitrogens with zero attached hydrogens (tertiary/aromatic N) is 4. The number of anilines is 4. The van der Waals surface area contributed by atoms with Crippen LogP contribution in [0.4, 0.5) is 28.7 Å². The lowest BCUT2D eigenvalue weighted by Gasteiger charge is -2.18. The summed E-state index contributed by atoms with van der Waals surface area (Å²) in [5, 5.41) is 14.9. The van der Waals surface area contributed by atoms with Crippen molar-refractivity contribution >= 4 is 28.7 Å². The molecule has 0 radical (unpaired) electrons. The first-order valence-electron chi connectivity index (χ1n) is 9.24. The summed E-state index contributed by atoms with van der Waals surface area (Å²) >= 11 is 0. The van der Waals surface area contributed by atoms with Crippen LogP contribution in [0.15, 0.2) is 60.9 Å². The van der Waals surface area contributed by atoms with Crippen LogP contribution in [0.2, 0.25) is 0 Å². The van der Waals surface area contributed by atoms with Crippen LogP contribution in [0.3, 0.4) is 0 Å². The molecule has 144 valence electrons. The maximum Gasteiger partial charge on any atom is 0.354 e. The van der Waals surface area contributed by atoms with Crippen molar-refractivity contribution in [3.05, 3.63) is 76.6 Å². The minimum Gasteiger partial charge on any atom is -0.334 e. The van der Waals surface area contributed by atoms with Crippen LogP contribution in [0.5, 0.6) is 0 Å². The molecular weight excluding hydrogens is 354 g/mol. The summed E-state index contributed by atoms with van der Waals surface area (Å²) in [6.45, 7) is 2.16. The number of para-hydroxylation sites is 1. The number of aryl methyl sites for hydroxylation is 1. The largest absolute Gasteiger partial charge is 0.354 e. The summed E-state index contributed by atoms with van der Waals surface area (Å²) in [5.41, 5.74) is 2.63. The molecule has 7 heteroatoms. The Bertz CT molecular complexity index is 929. The Hall–Kier alpha value is -3.48. The number of hydrogen-bond acceptors (Lipinski definition) is 6. The normalized spacial score (nSPS) is 10.5. The third-order valence-corrected chi connectivity index (χ3v) is 4.48. The van der Waals surface area contributed by atoms with Gasteiger partial charge in [-0.2, -0.15) is 0 Å². The molecule has 1 N–H and O–H groups in total. The van der Waals surface area contributed by atoms with Crippen molar-refractivity contribution in [2.75, 3.05) is 17.3 Å². The van der Waals surface area contributed by atoms with Crippen LogP contribution in [-0.2, 0) is 6.42 Å². The lowest BCUT2D eigenvalue weighted by Crippen LogP contribution is -2.15. The second-order valence-electron chi connectivity index (χ2n) is 6.47. The Morgan fingerprint density at radius 2 is 1.79 bits per heavy atom. The molecule has 7 nitrogen and oxygen atoms in total. The number of unbranched alkanes of at least 4 members (excludes halogenated alkanes) is 1. The molecule has 0 fully saturated rings. The topological polar surface area (TPSA) is 84.2 Å². The van der Waals surface area contributed by atoms with Gasteiger partial charge in [0.05, 0.1) is 4.92 Å². The molecule has 28 heavy (non-hydrogen) atoms. The highest BCUT2D eigenvalue weighted by atomic mass is 16.6. The highest BCUT2D eigenvalue weighted by Gasteiger charge is 2.26. The van der Waals surface area contributed by atoms with Crippen molar-refractivity contribution in [1.29, 1.82) is 0 Å². The van der Waals surface area contributed by atoms with E-state index in [4.69, 9.17) is 0 Å². The van der Waals surface area contributed by atoms with Gasteiger partial charge in [0, 0.05) is 18.4 Å². The average Bonchev–Trinajstić information content (AvgIpc) is 2.73. The third kappa shape index (κ3) is 4.43. The number of aromatic nitrogens is 2. The summed E-state index contributed by atoms with van der Waals surface area (Å²) in [4.78, 5) is 21.3. The van der Waals surface area contributed by atoms with Gasteiger partial charge in [-0.15, -0.1) is 0 Å². The SMILES string of the molecule is CCCCc1ccc(Nc2ncnc(N(C)c3ccccc3)c2[N+](=O)[O-])cc1. The molecule has 0 aliphatic heterocycles. The molecule has 0 spiro atoms. The van der Waals surface area contributed by atoms with Crippen LogP contribution in [0, 0.1) is 10.1 Å². The first-order chi connectivity index (χ1) is 13.6. The molecule has 1 heterocycles. The maximum absolute atomic E-state index is 11.8. The Kier molecular flexibility index (Phi) is 6.16. The van der Waals surface area contributed by atoms with Crippen LogP contribution in [0.25, 0.3) is 0 Å². The number of benzene rings is 2. The van der Waals surface area contributed by atoms with Gasteiger partial charge in [0.25, 0.3) is 0 Å². The first-order valence-corrected chi connectivity index (χ1v) is 9.24. The Morgan fingerprint density at radius 3 is 2.43 bits per heavy atom. The van der Waals surface area contributed by atoms with Gasteiger partial charge in [-0.1, -0.05) is 43.7 Å². The van der Waals surface area contributed by atoms with E-state index in [9.17, 15) is 10.1 Å². The zero-order valence-electron chi connectivity index (χ0n) is 16.0. The lowest BCUT2D eigenvalue weighted by atomic mass is 10.1. The number of nitrogens with one attached hydrogen (secondary N) is 1. The zero-order valence-corrected chi connectivity index (χ0v) is 16.0. The highest BCUT2D eigenvalue weighted by molar-refractivity contribution is 5.77. The van der Waals surface area contributed by atoms with Gasteiger partial charge in [0.15, 0.2) is 0 Å². The molecule has 0 saturated heterocycles. The molecule has 1 aromatic heterocycles. The third-order valence-electron chi connectivity index (χ3n) is 4.48.